The minimum atomic E-state index is -1.01. The first kappa shape index (κ1) is 30.0. The monoisotopic (exact) mass is 626 g/mol. The minimum absolute atomic E-state index is 0.126. The molecule has 7 nitrogen and oxygen atoms in total. The van der Waals surface area contributed by atoms with E-state index in [0.29, 0.717) is 17.9 Å². The average molecular weight is 628 g/mol. The molecule has 1 fully saturated rings. The lowest BCUT2D eigenvalue weighted by Gasteiger charge is -2.42. The van der Waals surface area contributed by atoms with Gasteiger partial charge in [-0.2, -0.15) is 0 Å². The van der Waals surface area contributed by atoms with Gasteiger partial charge in [-0.05, 0) is 66.2 Å². The molecular formula is C35H32Cl2N4O3. The van der Waals surface area contributed by atoms with Crippen LogP contribution in [0.2, 0.25) is 10.0 Å². The molecule has 2 N–H and O–H groups in total. The number of phenols is 1. The van der Waals surface area contributed by atoms with Crippen LogP contribution in [0.15, 0.2) is 103 Å². The van der Waals surface area contributed by atoms with Crippen molar-refractivity contribution in [3.8, 4) is 23.0 Å². The Bertz CT molecular complexity index is 1620. The summed E-state index contributed by atoms with van der Waals surface area (Å²) in [7, 11) is 0. The van der Waals surface area contributed by atoms with Gasteiger partial charge >= 0.3 is 6.01 Å². The molecule has 224 valence electrons. The van der Waals surface area contributed by atoms with Crippen LogP contribution in [0.25, 0.3) is 11.3 Å². The van der Waals surface area contributed by atoms with Crippen molar-refractivity contribution >= 4 is 23.2 Å². The van der Waals surface area contributed by atoms with Gasteiger partial charge in [0.1, 0.15) is 17.9 Å². The molecule has 9 heteroatoms. The topological polar surface area (TPSA) is 91.6 Å². The van der Waals surface area contributed by atoms with Gasteiger partial charge in [-0.25, -0.2) is 4.98 Å². The molecule has 4 aromatic carbocycles. The predicted octanol–water partition coefficient (Wildman–Crippen LogP) is 7.28. The number of halogens is 2. The fraction of sp³-hybridized carbons (Fsp3) is 0.229. The summed E-state index contributed by atoms with van der Waals surface area (Å²) in [6.45, 7) is 2.99. The Morgan fingerprint density at radius 3 is 1.91 bits per heavy atom. The zero-order valence-electron chi connectivity index (χ0n) is 24.0. The summed E-state index contributed by atoms with van der Waals surface area (Å²) >= 11 is 12.0. The lowest BCUT2D eigenvalue weighted by atomic mass is 9.72. The summed E-state index contributed by atoms with van der Waals surface area (Å²) < 4.78 is 5.74. The fourth-order valence-electron chi connectivity index (χ4n) is 5.85. The lowest BCUT2D eigenvalue weighted by molar-refractivity contribution is -0.0152. The highest BCUT2D eigenvalue weighted by Crippen LogP contribution is 2.42. The number of benzene rings is 4. The zero-order valence-corrected chi connectivity index (χ0v) is 25.5. The Morgan fingerprint density at radius 1 is 0.795 bits per heavy atom. The molecule has 0 spiro atoms. The third-order valence-electron chi connectivity index (χ3n) is 8.26. The normalized spacial score (nSPS) is 14.4. The maximum absolute atomic E-state index is 12.2. The molecule has 0 bridgehead atoms. The van der Waals surface area contributed by atoms with Crippen molar-refractivity contribution in [3.63, 3.8) is 0 Å². The first-order chi connectivity index (χ1) is 21.4. The second-order valence-corrected chi connectivity index (χ2v) is 11.9. The summed E-state index contributed by atoms with van der Waals surface area (Å²) in [6.07, 6.45) is 3.34. The zero-order chi connectivity index (χ0) is 30.5. The largest absolute Gasteiger partial charge is 0.505 e. The summed E-state index contributed by atoms with van der Waals surface area (Å²) in [4.78, 5) is 6.69. The van der Waals surface area contributed by atoms with Gasteiger partial charge in [0.2, 0.25) is 0 Å². The smallest absolute Gasteiger partial charge is 0.336 e. The van der Waals surface area contributed by atoms with Gasteiger partial charge in [0.15, 0.2) is 5.75 Å². The molecule has 0 saturated carbocycles. The maximum atomic E-state index is 12.2. The van der Waals surface area contributed by atoms with E-state index in [-0.39, 0.29) is 27.7 Å². The van der Waals surface area contributed by atoms with Crippen LogP contribution < -0.4 is 4.74 Å². The second kappa shape index (κ2) is 13.3. The lowest BCUT2D eigenvalue weighted by Crippen LogP contribution is -2.44. The molecule has 5 aromatic rings. The van der Waals surface area contributed by atoms with E-state index in [1.54, 1.807) is 12.1 Å². The molecule has 1 aromatic heterocycles. The van der Waals surface area contributed by atoms with Crippen molar-refractivity contribution in [2.45, 2.75) is 31.6 Å². The fourth-order valence-corrected chi connectivity index (χ4v) is 6.34. The van der Waals surface area contributed by atoms with Crippen molar-refractivity contribution in [1.82, 2.24) is 20.1 Å². The summed E-state index contributed by atoms with van der Waals surface area (Å²) in [6, 6.07) is 31.7. The first-order valence-electron chi connectivity index (χ1n) is 14.5. The van der Waals surface area contributed by atoms with Crippen molar-refractivity contribution in [2.24, 2.45) is 5.92 Å². The van der Waals surface area contributed by atoms with Gasteiger partial charge < -0.3 is 14.9 Å². The number of hydrogen-bond acceptors (Lipinski definition) is 7. The molecule has 1 aliphatic rings. The molecule has 0 aliphatic carbocycles. The standard InChI is InChI=1S/C35H32Cl2N4O3/c36-30-19-26(20-31(37)33(30)42)32-21-38-34(40-39-32)44-23-25-13-11-24(12-14-25)22-41-17-15-29(16-18-41)35(43,27-7-3-1-4-8-27)28-9-5-2-6-10-28/h1-14,19-21,29,42-43H,15-18,22-23H2. The highest BCUT2D eigenvalue weighted by molar-refractivity contribution is 6.37. The van der Waals surface area contributed by atoms with E-state index in [4.69, 9.17) is 27.9 Å². The SMILES string of the molecule is Oc1c(Cl)cc(-c2cnc(OCc3ccc(CN4CCC(C(O)(c5ccccc5)c5ccccc5)CC4)cc3)nn2)cc1Cl. The Kier molecular flexibility index (Phi) is 9.09. The molecule has 44 heavy (non-hydrogen) atoms. The number of ether oxygens (including phenoxy) is 1. The van der Waals surface area contributed by atoms with Gasteiger partial charge in [-0.3, -0.25) is 4.90 Å². The van der Waals surface area contributed by atoms with Crippen molar-refractivity contribution in [2.75, 3.05) is 13.1 Å². The van der Waals surface area contributed by atoms with Crippen molar-refractivity contribution in [1.29, 1.82) is 0 Å². The molecule has 6 rings (SSSR count). The molecule has 2 heterocycles. The number of piperidine rings is 1. The van der Waals surface area contributed by atoms with E-state index < -0.39 is 5.60 Å². The van der Waals surface area contributed by atoms with Gasteiger partial charge in [0.05, 0.1) is 16.2 Å². The molecule has 0 radical (unpaired) electrons. The highest BCUT2D eigenvalue weighted by atomic mass is 35.5. The summed E-state index contributed by atoms with van der Waals surface area (Å²) in [5, 5.41) is 30.4. The third-order valence-corrected chi connectivity index (χ3v) is 8.83. The molecular weight excluding hydrogens is 595 g/mol. The first-order valence-corrected chi connectivity index (χ1v) is 15.3. The number of rotatable bonds is 9. The molecule has 1 saturated heterocycles. The van der Waals surface area contributed by atoms with Crippen LogP contribution in [-0.2, 0) is 18.8 Å². The van der Waals surface area contributed by atoms with Crippen molar-refractivity contribution < 1.29 is 14.9 Å². The number of hydrogen-bond donors (Lipinski definition) is 2. The third kappa shape index (κ3) is 6.56. The van der Waals surface area contributed by atoms with Crippen molar-refractivity contribution in [3.05, 3.63) is 136 Å². The highest BCUT2D eigenvalue weighted by Gasteiger charge is 2.41. The number of nitrogens with zero attached hydrogens (tertiary/aromatic N) is 4. The van der Waals surface area contributed by atoms with Gasteiger partial charge in [-0.1, -0.05) is 113 Å². The average Bonchev–Trinajstić information content (AvgIpc) is 3.07. The van der Waals surface area contributed by atoms with Crippen LogP contribution >= 0.6 is 23.2 Å². The molecule has 0 atom stereocenters. The minimum Gasteiger partial charge on any atom is -0.505 e. The van der Waals surface area contributed by atoms with E-state index in [1.165, 1.54) is 11.8 Å². The van der Waals surface area contributed by atoms with Crippen LogP contribution in [0.1, 0.15) is 35.1 Å². The number of phenolic OH excluding ortho intramolecular Hbond substituents is 1. The Morgan fingerprint density at radius 2 is 1.36 bits per heavy atom. The van der Waals surface area contributed by atoms with Gasteiger partial charge in [-0.15, -0.1) is 5.10 Å². The number of aromatic nitrogens is 3. The Labute approximate surface area is 266 Å². The van der Waals surface area contributed by atoms with Gasteiger partial charge in [0, 0.05) is 12.1 Å². The number of aliphatic hydroxyl groups is 1. The predicted molar refractivity (Wildman–Crippen MR) is 172 cm³/mol. The van der Waals surface area contributed by atoms with Crippen LogP contribution in [0, 0.1) is 5.92 Å². The second-order valence-electron chi connectivity index (χ2n) is 11.1. The Balaban J connectivity index is 1.03. The molecule has 0 unspecified atom stereocenters. The maximum Gasteiger partial charge on any atom is 0.336 e. The van der Waals surface area contributed by atoms with Crippen LogP contribution in [-0.4, -0.2) is 43.4 Å². The number of likely N-dealkylation sites (tertiary alicyclic amines) is 1. The molecule has 0 amide bonds. The van der Waals surface area contributed by atoms with E-state index in [0.717, 1.165) is 49.2 Å². The summed E-state index contributed by atoms with van der Waals surface area (Å²) in [5.74, 6) is -0.0468. The van der Waals surface area contributed by atoms with Crippen LogP contribution in [0.5, 0.6) is 11.8 Å². The van der Waals surface area contributed by atoms with E-state index in [1.807, 2.05) is 72.8 Å². The van der Waals surface area contributed by atoms with Gasteiger partial charge in [0.25, 0.3) is 0 Å². The van der Waals surface area contributed by atoms with Crippen LogP contribution in [0.4, 0.5) is 0 Å². The molecule has 1 aliphatic heterocycles. The Hall–Kier alpha value is -4.01. The number of aromatic hydroxyl groups is 1. The van der Waals surface area contributed by atoms with Crippen LogP contribution in [0.3, 0.4) is 0 Å². The summed E-state index contributed by atoms with van der Waals surface area (Å²) in [5.41, 5.74) is 4.16. The van der Waals surface area contributed by atoms with E-state index in [2.05, 4.69) is 32.2 Å². The van der Waals surface area contributed by atoms with E-state index >= 15 is 0 Å². The van der Waals surface area contributed by atoms with E-state index in [9.17, 15) is 10.2 Å². The quantitative estimate of drug-likeness (QED) is 0.178.